The van der Waals surface area contributed by atoms with Gasteiger partial charge in [-0.15, -0.1) is 0 Å². The number of hydrogen-bond acceptors (Lipinski definition) is 4. The summed E-state index contributed by atoms with van der Waals surface area (Å²) in [6, 6.07) is 0. The Kier molecular flexibility index (Phi) is 2.51. The molecule has 2 N–H and O–H groups in total. The van der Waals surface area contributed by atoms with Gasteiger partial charge in [0.05, 0.1) is 11.2 Å². The van der Waals surface area contributed by atoms with Crippen molar-refractivity contribution in [1.29, 1.82) is 0 Å². The number of carbonyl (C=O) groups excluding carboxylic acids is 1. The largest absolute Gasteiger partial charge is 0.423 e. The molecule has 4 atom stereocenters. The zero-order valence-corrected chi connectivity index (χ0v) is 11.6. The standard InChI is InChI=1S/C15H20O4/c1-8-9-6-11-10(4-5-14(11,2)17)15(3,18)7-12(9)19-13(8)16/h7,10-11,17-18H,4-6H2,1-3H3. The molecule has 3 rings (SSSR count). The summed E-state index contributed by atoms with van der Waals surface area (Å²) in [5.41, 5.74) is -0.394. The molecule has 19 heavy (non-hydrogen) atoms. The topological polar surface area (TPSA) is 66.8 Å². The van der Waals surface area contributed by atoms with Crippen molar-refractivity contribution in [2.24, 2.45) is 11.8 Å². The van der Waals surface area contributed by atoms with Crippen LogP contribution < -0.4 is 0 Å². The Hall–Kier alpha value is -1.13. The maximum atomic E-state index is 11.7. The number of fused-ring (bicyclic) bond motifs is 2. The van der Waals surface area contributed by atoms with Crippen molar-refractivity contribution in [3.8, 4) is 0 Å². The maximum absolute atomic E-state index is 11.7. The van der Waals surface area contributed by atoms with Gasteiger partial charge in [0, 0.05) is 11.1 Å². The summed E-state index contributed by atoms with van der Waals surface area (Å²) in [5.74, 6) is 0.0983. The van der Waals surface area contributed by atoms with Gasteiger partial charge in [0.1, 0.15) is 5.76 Å². The molecule has 0 radical (unpaired) electrons. The molecular formula is C15H20O4. The summed E-state index contributed by atoms with van der Waals surface area (Å²) < 4.78 is 5.23. The van der Waals surface area contributed by atoms with Crippen molar-refractivity contribution in [2.45, 2.75) is 51.2 Å². The quantitative estimate of drug-likeness (QED) is 0.653. The summed E-state index contributed by atoms with van der Waals surface area (Å²) in [4.78, 5) is 11.7. The van der Waals surface area contributed by atoms with Gasteiger partial charge in [0.25, 0.3) is 0 Å². The van der Waals surface area contributed by atoms with Crippen LogP contribution in [0.5, 0.6) is 0 Å². The second kappa shape index (κ2) is 3.70. The molecule has 104 valence electrons. The maximum Gasteiger partial charge on any atom is 0.339 e. The van der Waals surface area contributed by atoms with E-state index in [-0.39, 0.29) is 17.8 Å². The molecule has 1 aliphatic heterocycles. The molecule has 1 saturated carbocycles. The summed E-state index contributed by atoms with van der Waals surface area (Å²) in [6.07, 6.45) is 3.72. The highest BCUT2D eigenvalue weighted by molar-refractivity contribution is 5.94. The number of ether oxygens (including phenoxy) is 1. The Labute approximate surface area is 112 Å². The van der Waals surface area contributed by atoms with Gasteiger partial charge in [-0.05, 0) is 57.9 Å². The molecule has 1 heterocycles. The van der Waals surface area contributed by atoms with E-state index in [0.717, 1.165) is 12.0 Å². The average Bonchev–Trinajstić information content (AvgIpc) is 2.66. The summed E-state index contributed by atoms with van der Waals surface area (Å²) in [5, 5.41) is 21.2. The van der Waals surface area contributed by atoms with Gasteiger partial charge < -0.3 is 14.9 Å². The van der Waals surface area contributed by atoms with E-state index in [1.807, 2.05) is 6.92 Å². The Morgan fingerprint density at radius 3 is 2.68 bits per heavy atom. The van der Waals surface area contributed by atoms with Crippen LogP contribution in [0.2, 0.25) is 0 Å². The van der Waals surface area contributed by atoms with Gasteiger partial charge >= 0.3 is 5.97 Å². The van der Waals surface area contributed by atoms with E-state index in [0.29, 0.717) is 24.2 Å². The second-order valence-corrected chi connectivity index (χ2v) is 6.54. The lowest BCUT2D eigenvalue weighted by molar-refractivity contribution is -0.133. The zero-order valence-electron chi connectivity index (χ0n) is 11.6. The van der Waals surface area contributed by atoms with Crippen molar-refractivity contribution in [2.75, 3.05) is 0 Å². The van der Waals surface area contributed by atoms with Crippen molar-refractivity contribution in [3.63, 3.8) is 0 Å². The predicted molar refractivity (Wildman–Crippen MR) is 69.0 cm³/mol. The smallest absolute Gasteiger partial charge is 0.339 e. The van der Waals surface area contributed by atoms with E-state index in [1.54, 1.807) is 19.9 Å². The molecule has 0 saturated heterocycles. The van der Waals surface area contributed by atoms with Crippen molar-refractivity contribution in [1.82, 2.24) is 0 Å². The van der Waals surface area contributed by atoms with E-state index in [2.05, 4.69) is 0 Å². The molecule has 0 aromatic carbocycles. The zero-order chi connectivity index (χ0) is 14.0. The summed E-state index contributed by atoms with van der Waals surface area (Å²) in [7, 11) is 0. The van der Waals surface area contributed by atoms with E-state index >= 15 is 0 Å². The first-order valence-electron chi connectivity index (χ1n) is 6.82. The minimum atomic E-state index is -1.05. The van der Waals surface area contributed by atoms with Gasteiger partial charge in [0.2, 0.25) is 0 Å². The van der Waals surface area contributed by atoms with Crippen LogP contribution in [0.4, 0.5) is 0 Å². The Morgan fingerprint density at radius 2 is 2.00 bits per heavy atom. The minimum absolute atomic E-state index is 0.000368. The third-order valence-corrected chi connectivity index (χ3v) is 5.10. The van der Waals surface area contributed by atoms with Crippen LogP contribution in [-0.4, -0.2) is 27.4 Å². The highest BCUT2D eigenvalue weighted by Gasteiger charge is 2.53. The fourth-order valence-electron chi connectivity index (χ4n) is 3.84. The third kappa shape index (κ3) is 1.77. The molecule has 3 aliphatic rings. The number of aliphatic hydroxyl groups is 2. The lowest BCUT2D eigenvalue weighted by atomic mass is 9.76. The molecule has 0 spiro atoms. The van der Waals surface area contributed by atoms with E-state index < -0.39 is 11.2 Å². The molecule has 0 aromatic heterocycles. The molecule has 0 bridgehead atoms. The summed E-state index contributed by atoms with van der Waals surface area (Å²) in [6.45, 7) is 5.31. The van der Waals surface area contributed by atoms with Crippen molar-refractivity contribution < 1.29 is 19.7 Å². The Balaban J connectivity index is 2.11. The monoisotopic (exact) mass is 264 g/mol. The van der Waals surface area contributed by atoms with Crippen molar-refractivity contribution >= 4 is 5.97 Å². The lowest BCUT2D eigenvalue weighted by Gasteiger charge is -2.34. The predicted octanol–water partition coefficient (Wildman–Crippen LogP) is 1.68. The van der Waals surface area contributed by atoms with Gasteiger partial charge in [0.15, 0.2) is 0 Å². The molecule has 2 aliphatic carbocycles. The molecule has 0 amide bonds. The van der Waals surface area contributed by atoms with Gasteiger partial charge in [-0.1, -0.05) is 0 Å². The van der Waals surface area contributed by atoms with E-state index in [4.69, 9.17) is 4.74 Å². The highest BCUT2D eigenvalue weighted by Crippen LogP contribution is 2.52. The second-order valence-electron chi connectivity index (χ2n) is 6.54. The number of allylic oxidation sites excluding steroid dienone is 1. The highest BCUT2D eigenvalue weighted by atomic mass is 16.5. The fraction of sp³-hybridized carbons (Fsp3) is 0.667. The molecule has 4 unspecified atom stereocenters. The van der Waals surface area contributed by atoms with Crippen LogP contribution in [0.15, 0.2) is 23.0 Å². The number of carbonyl (C=O) groups is 1. The van der Waals surface area contributed by atoms with Crippen LogP contribution in [0.1, 0.15) is 40.0 Å². The average molecular weight is 264 g/mol. The number of esters is 1. The van der Waals surface area contributed by atoms with Gasteiger partial charge in [-0.25, -0.2) is 4.79 Å². The first-order chi connectivity index (χ1) is 8.72. The first kappa shape index (κ1) is 12.9. The van der Waals surface area contributed by atoms with Crippen LogP contribution in [-0.2, 0) is 9.53 Å². The Bertz CT molecular complexity index is 510. The van der Waals surface area contributed by atoms with Crippen molar-refractivity contribution in [3.05, 3.63) is 23.0 Å². The molecular weight excluding hydrogens is 244 g/mol. The lowest BCUT2D eigenvalue weighted by Crippen LogP contribution is -2.40. The normalized spacial score (nSPS) is 45.5. The minimum Gasteiger partial charge on any atom is -0.423 e. The number of hydrogen-bond donors (Lipinski definition) is 2. The summed E-state index contributed by atoms with van der Waals surface area (Å²) >= 11 is 0. The van der Waals surface area contributed by atoms with E-state index in [9.17, 15) is 15.0 Å². The van der Waals surface area contributed by atoms with Crippen LogP contribution in [0.3, 0.4) is 0 Å². The van der Waals surface area contributed by atoms with Crippen LogP contribution >= 0.6 is 0 Å². The van der Waals surface area contributed by atoms with Gasteiger partial charge in [-0.3, -0.25) is 0 Å². The van der Waals surface area contributed by atoms with Crippen LogP contribution in [0.25, 0.3) is 0 Å². The fourth-order valence-corrected chi connectivity index (χ4v) is 3.84. The first-order valence-corrected chi connectivity index (χ1v) is 6.82. The van der Waals surface area contributed by atoms with E-state index in [1.165, 1.54) is 0 Å². The third-order valence-electron chi connectivity index (χ3n) is 5.10. The number of rotatable bonds is 0. The molecule has 1 fully saturated rings. The molecule has 0 aromatic rings. The van der Waals surface area contributed by atoms with Crippen LogP contribution in [0, 0.1) is 11.8 Å². The molecule has 4 heteroatoms. The SMILES string of the molecule is CC1=C2CC3C(CCC3(C)O)C(C)(O)C=C2OC1=O. The molecule has 4 nitrogen and oxygen atoms in total. The Morgan fingerprint density at radius 1 is 1.32 bits per heavy atom. The van der Waals surface area contributed by atoms with Gasteiger partial charge in [-0.2, -0.15) is 0 Å².